The van der Waals surface area contributed by atoms with E-state index in [9.17, 15) is 26.8 Å². The molecule has 0 aromatic heterocycles. The second-order valence-corrected chi connectivity index (χ2v) is 9.94. The van der Waals surface area contributed by atoms with Gasteiger partial charge >= 0.3 is 6.03 Å². The monoisotopic (exact) mass is 459 g/mol. The van der Waals surface area contributed by atoms with Gasteiger partial charge in [-0.05, 0) is 56.2 Å². The van der Waals surface area contributed by atoms with Crippen LogP contribution in [0, 0.1) is 17.6 Å². The third-order valence-corrected chi connectivity index (χ3v) is 6.79. The molecule has 1 aliphatic carbocycles. The Labute approximate surface area is 180 Å². The number of halogens is 2. The van der Waals surface area contributed by atoms with Crippen molar-refractivity contribution in [3.05, 3.63) is 29.3 Å². The van der Waals surface area contributed by atoms with Gasteiger partial charge in [-0.2, -0.15) is 4.39 Å². The van der Waals surface area contributed by atoms with Crippen molar-refractivity contribution >= 4 is 22.0 Å². The van der Waals surface area contributed by atoms with Crippen molar-refractivity contribution in [2.75, 3.05) is 25.4 Å². The minimum atomic E-state index is -3.65. The van der Waals surface area contributed by atoms with E-state index in [4.69, 9.17) is 4.74 Å². The maximum atomic E-state index is 14.0. The highest BCUT2D eigenvalue weighted by Crippen LogP contribution is 2.32. The molecule has 1 saturated carbocycles. The van der Waals surface area contributed by atoms with Crippen LogP contribution in [0.5, 0.6) is 5.75 Å². The molecule has 2 fully saturated rings. The summed E-state index contributed by atoms with van der Waals surface area (Å²) in [6, 6.07) is 1.11. The number of hydrogen-bond acceptors (Lipinski definition) is 5. The average molecular weight is 460 g/mol. The number of ether oxygens (including phenoxy) is 1. The van der Waals surface area contributed by atoms with Gasteiger partial charge in [0.15, 0.2) is 11.6 Å². The van der Waals surface area contributed by atoms with Crippen LogP contribution in [0.2, 0.25) is 0 Å². The van der Waals surface area contributed by atoms with Crippen LogP contribution < -0.4 is 14.8 Å². The zero-order valence-corrected chi connectivity index (χ0v) is 18.1. The second kappa shape index (κ2) is 9.90. The molecule has 2 N–H and O–H groups in total. The lowest BCUT2D eigenvalue weighted by Gasteiger charge is -2.17. The van der Waals surface area contributed by atoms with Crippen molar-refractivity contribution in [1.82, 2.24) is 14.9 Å². The Morgan fingerprint density at radius 3 is 2.61 bits per heavy atom. The van der Waals surface area contributed by atoms with Crippen LogP contribution in [-0.2, 0) is 14.8 Å². The van der Waals surface area contributed by atoms with E-state index in [1.807, 2.05) is 0 Å². The van der Waals surface area contributed by atoms with Gasteiger partial charge in [0, 0.05) is 12.6 Å². The quantitative estimate of drug-likeness (QED) is 0.369. The number of hydrogen-bond donors (Lipinski definition) is 2. The number of sulfonamides is 1. The van der Waals surface area contributed by atoms with Gasteiger partial charge < -0.3 is 9.64 Å². The number of amides is 3. The summed E-state index contributed by atoms with van der Waals surface area (Å²) in [4.78, 5) is 23.9. The van der Waals surface area contributed by atoms with Crippen LogP contribution in [0.1, 0.15) is 50.6 Å². The van der Waals surface area contributed by atoms with Crippen molar-refractivity contribution < 1.29 is 31.5 Å². The van der Waals surface area contributed by atoms with E-state index in [2.05, 4.69) is 10.0 Å². The molecule has 1 heterocycles. The van der Waals surface area contributed by atoms with Gasteiger partial charge in [0.25, 0.3) is 0 Å². The first-order valence-corrected chi connectivity index (χ1v) is 12.0. The van der Waals surface area contributed by atoms with Gasteiger partial charge in [-0.25, -0.2) is 22.3 Å². The maximum Gasteiger partial charge on any atom is 0.324 e. The summed E-state index contributed by atoms with van der Waals surface area (Å²) >= 11 is 0. The first kappa shape index (κ1) is 23.4. The number of unbranched alkanes of at least 4 members (excludes halogenated alkanes) is 2. The lowest BCUT2D eigenvalue weighted by atomic mass is 10.1. The van der Waals surface area contributed by atoms with Crippen molar-refractivity contribution in [3.8, 4) is 5.75 Å². The van der Waals surface area contributed by atoms with Gasteiger partial charge in [-0.15, -0.1) is 0 Å². The third-order valence-electron chi connectivity index (χ3n) is 5.25. The standard InChI is InChI=1S/C20H27F2N3O5S/c1-13(15-9-16(21)19(22)17(10-15)30-12-14-5-6-14)24-31(28,29)8-4-2-3-7-25-11-18(26)23-20(25)27/h9-10,13-14,24H,2-8,11-12H2,1H3,(H,23,26,27)/t13-/m1/s1. The van der Waals surface area contributed by atoms with Crippen molar-refractivity contribution in [2.24, 2.45) is 5.92 Å². The molecule has 172 valence electrons. The molecule has 8 nitrogen and oxygen atoms in total. The Morgan fingerprint density at radius 2 is 1.97 bits per heavy atom. The normalized spacial score (nSPS) is 17.7. The molecule has 1 saturated heterocycles. The van der Waals surface area contributed by atoms with Crippen LogP contribution >= 0.6 is 0 Å². The molecule has 0 bridgehead atoms. The van der Waals surface area contributed by atoms with Crippen LogP contribution in [0.25, 0.3) is 0 Å². The van der Waals surface area contributed by atoms with Gasteiger partial charge in [-0.1, -0.05) is 6.42 Å². The van der Waals surface area contributed by atoms with Gasteiger partial charge in [0.1, 0.15) is 6.54 Å². The molecule has 3 rings (SSSR count). The Balaban J connectivity index is 1.46. The highest BCUT2D eigenvalue weighted by atomic mass is 32.2. The van der Waals surface area contributed by atoms with E-state index < -0.39 is 33.7 Å². The average Bonchev–Trinajstić information content (AvgIpc) is 3.46. The molecule has 0 unspecified atom stereocenters. The lowest BCUT2D eigenvalue weighted by Crippen LogP contribution is -2.30. The summed E-state index contributed by atoms with van der Waals surface area (Å²) in [5, 5.41) is 2.18. The molecular formula is C20H27F2N3O5S. The van der Waals surface area contributed by atoms with E-state index in [1.54, 1.807) is 6.92 Å². The largest absolute Gasteiger partial charge is 0.490 e. The predicted molar refractivity (Wildman–Crippen MR) is 109 cm³/mol. The zero-order chi connectivity index (χ0) is 22.6. The fourth-order valence-corrected chi connectivity index (χ4v) is 4.64. The Morgan fingerprint density at radius 1 is 1.23 bits per heavy atom. The number of urea groups is 1. The molecule has 1 aromatic rings. The number of imide groups is 1. The summed E-state index contributed by atoms with van der Waals surface area (Å²) in [5.41, 5.74) is 0.276. The molecule has 0 radical (unpaired) electrons. The van der Waals surface area contributed by atoms with Crippen molar-refractivity contribution in [2.45, 2.75) is 45.1 Å². The van der Waals surface area contributed by atoms with E-state index in [-0.39, 0.29) is 29.5 Å². The van der Waals surface area contributed by atoms with Crippen LogP contribution in [0.15, 0.2) is 12.1 Å². The summed E-state index contributed by atoms with van der Waals surface area (Å²) in [6.07, 6.45) is 3.49. The molecule has 31 heavy (non-hydrogen) atoms. The SMILES string of the molecule is C[C@@H](NS(=O)(=O)CCCCCN1CC(=O)NC1=O)c1cc(F)c(F)c(OCC2CC2)c1. The molecule has 0 spiro atoms. The van der Waals surface area contributed by atoms with Crippen molar-refractivity contribution in [3.63, 3.8) is 0 Å². The molecule has 1 atom stereocenters. The summed E-state index contributed by atoms with van der Waals surface area (Å²) < 4.78 is 60.5. The van der Waals surface area contributed by atoms with E-state index in [0.717, 1.165) is 18.9 Å². The molecule has 1 aromatic carbocycles. The van der Waals surface area contributed by atoms with Crippen LogP contribution in [-0.4, -0.2) is 50.7 Å². The number of carbonyl (C=O) groups excluding carboxylic acids is 2. The highest BCUT2D eigenvalue weighted by molar-refractivity contribution is 7.89. The fraction of sp³-hybridized carbons (Fsp3) is 0.600. The number of carbonyl (C=O) groups is 2. The fourth-order valence-electron chi connectivity index (χ4n) is 3.26. The summed E-state index contributed by atoms with van der Waals surface area (Å²) in [6.45, 7) is 2.27. The highest BCUT2D eigenvalue weighted by Gasteiger charge is 2.26. The Bertz CT molecular complexity index is 937. The van der Waals surface area contributed by atoms with Gasteiger partial charge in [0.2, 0.25) is 21.7 Å². The molecule has 3 amide bonds. The number of nitrogens with one attached hydrogen (secondary N) is 2. The topological polar surface area (TPSA) is 105 Å². The minimum Gasteiger partial charge on any atom is -0.490 e. The number of nitrogens with zero attached hydrogens (tertiary/aromatic N) is 1. The Kier molecular flexibility index (Phi) is 7.47. The summed E-state index contributed by atoms with van der Waals surface area (Å²) in [7, 11) is -3.65. The zero-order valence-electron chi connectivity index (χ0n) is 17.3. The third kappa shape index (κ3) is 6.86. The first-order chi connectivity index (χ1) is 14.6. The van der Waals surface area contributed by atoms with Gasteiger partial charge in [-0.3, -0.25) is 10.1 Å². The van der Waals surface area contributed by atoms with E-state index in [0.29, 0.717) is 38.3 Å². The molecule has 11 heteroatoms. The minimum absolute atomic E-state index is 0.0246. The molecular weight excluding hydrogens is 432 g/mol. The Hall–Kier alpha value is -2.27. The van der Waals surface area contributed by atoms with Crippen LogP contribution in [0.4, 0.5) is 13.6 Å². The van der Waals surface area contributed by atoms with Crippen molar-refractivity contribution in [1.29, 1.82) is 0 Å². The van der Waals surface area contributed by atoms with Crippen LogP contribution in [0.3, 0.4) is 0 Å². The van der Waals surface area contributed by atoms with Gasteiger partial charge in [0.05, 0.1) is 12.4 Å². The lowest BCUT2D eigenvalue weighted by molar-refractivity contribution is -0.118. The number of rotatable bonds is 12. The second-order valence-electron chi connectivity index (χ2n) is 8.06. The first-order valence-electron chi connectivity index (χ1n) is 10.3. The smallest absolute Gasteiger partial charge is 0.324 e. The maximum absolute atomic E-state index is 14.0. The van der Waals surface area contributed by atoms with E-state index >= 15 is 0 Å². The van der Waals surface area contributed by atoms with E-state index in [1.165, 1.54) is 11.0 Å². The predicted octanol–water partition coefficient (Wildman–Crippen LogP) is 2.46. The molecule has 1 aliphatic heterocycles. The molecule has 2 aliphatic rings. The number of benzene rings is 1. The summed E-state index contributed by atoms with van der Waals surface area (Å²) in [5.74, 6) is -2.49.